The topological polar surface area (TPSA) is 123 Å². The number of ether oxygens (including phenoxy) is 1. The Kier molecular flexibility index (Phi) is 7.79. The smallest absolute Gasteiger partial charge is 0.272 e. The molecule has 0 saturated carbocycles. The van der Waals surface area contributed by atoms with Crippen LogP contribution < -0.4 is 20.9 Å². The predicted octanol–water partition coefficient (Wildman–Crippen LogP) is 3.22. The molecule has 0 saturated heterocycles. The summed E-state index contributed by atoms with van der Waals surface area (Å²) in [5.74, 6) is -0.390. The number of nitrogens with zero attached hydrogens (tertiary/aromatic N) is 1. The van der Waals surface area contributed by atoms with Gasteiger partial charge in [-0.05, 0) is 43.2 Å². The Morgan fingerprint density at radius 3 is 2.59 bits per heavy atom. The lowest BCUT2D eigenvalue weighted by molar-refractivity contribution is -0.384. The first kappa shape index (κ1) is 22.0. The molecule has 10 heteroatoms. The summed E-state index contributed by atoms with van der Waals surface area (Å²) < 4.78 is 5.60. The first-order valence-electron chi connectivity index (χ1n) is 8.76. The number of carbonyl (C=O) groups is 2. The third-order valence-corrected chi connectivity index (χ3v) is 4.22. The molecule has 29 heavy (non-hydrogen) atoms. The largest absolute Gasteiger partial charge is 0.493 e. The summed E-state index contributed by atoms with van der Waals surface area (Å²) >= 11 is 5.89. The zero-order chi connectivity index (χ0) is 21.4. The maximum atomic E-state index is 12.3. The Morgan fingerprint density at radius 2 is 1.93 bits per heavy atom. The van der Waals surface area contributed by atoms with Gasteiger partial charge in [0, 0.05) is 36.3 Å². The number of benzene rings is 2. The van der Waals surface area contributed by atoms with Gasteiger partial charge >= 0.3 is 0 Å². The highest BCUT2D eigenvalue weighted by atomic mass is 35.5. The molecule has 9 nitrogen and oxygen atoms in total. The molecule has 2 aromatic carbocycles. The molecule has 0 heterocycles. The number of rotatable bonds is 8. The molecule has 0 aliphatic carbocycles. The van der Waals surface area contributed by atoms with Gasteiger partial charge in [0.1, 0.15) is 5.75 Å². The van der Waals surface area contributed by atoms with Crippen molar-refractivity contribution in [1.29, 1.82) is 0 Å². The van der Waals surface area contributed by atoms with Crippen LogP contribution >= 0.6 is 11.6 Å². The van der Waals surface area contributed by atoms with Gasteiger partial charge < -0.3 is 10.1 Å². The molecule has 154 valence electrons. The Bertz CT molecular complexity index is 919. The summed E-state index contributed by atoms with van der Waals surface area (Å²) in [6.45, 7) is 2.19. The van der Waals surface area contributed by atoms with Crippen LogP contribution in [0.1, 0.15) is 28.8 Å². The number of aryl methyl sites for hydroxylation is 1. The van der Waals surface area contributed by atoms with Crippen LogP contribution in [0.25, 0.3) is 0 Å². The highest BCUT2D eigenvalue weighted by Gasteiger charge is 2.16. The van der Waals surface area contributed by atoms with Crippen molar-refractivity contribution in [3.8, 4) is 5.75 Å². The molecule has 0 aliphatic rings. The fourth-order valence-corrected chi connectivity index (χ4v) is 2.72. The van der Waals surface area contributed by atoms with E-state index in [4.69, 9.17) is 16.3 Å². The molecular formula is C19H21ClN4O5. The number of amides is 2. The minimum atomic E-state index is -0.667. The molecule has 0 bridgehead atoms. The summed E-state index contributed by atoms with van der Waals surface area (Å²) in [7, 11) is 1.58. The Morgan fingerprint density at radius 1 is 1.17 bits per heavy atom. The summed E-state index contributed by atoms with van der Waals surface area (Å²) in [6.07, 6.45) is 0.559. The van der Waals surface area contributed by atoms with E-state index in [2.05, 4.69) is 16.2 Å². The summed E-state index contributed by atoms with van der Waals surface area (Å²) in [6, 6.07) is 9.10. The van der Waals surface area contributed by atoms with Crippen LogP contribution in [0.3, 0.4) is 0 Å². The molecule has 0 aromatic heterocycles. The van der Waals surface area contributed by atoms with E-state index in [1.54, 1.807) is 25.2 Å². The van der Waals surface area contributed by atoms with Gasteiger partial charge in [0.2, 0.25) is 5.91 Å². The lowest BCUT2D eigenvalue weighted by Crippen LogP contribution is -2.41. The SMILES string of the molecule is CNc1ccc([N+](=O)[O-])cc1C(=O)NNC(=O)CCCOc1ccc(Cl)cc1C. The number of nitro groups is 1. The van der Waals surface area contributed by atoms with Crippen LogP contribution in [0, 0.1) is 17.0 Å². The van der Waals surface area contributed by atoms with Crippen molar-refractivity contribution in [1.82, 2.24) is 10.9 Å². The van der Waals surface area contributed by atoms with E-state index in [0.717, 1.165) is 11.6 Å². The molecule has 0 unspecified atom stereocenters. The van der Waals surface area contributed by atoms with E-state index >= 15 is 0 Å². The Hall–Kier alpha value is -3.33. The van der Waals surface area contributed by atoms with Crippen molar-refractivity contribution < 1.29 is 19.2 Å². The van der Waals surface area contributed by atoms with Gasteiger partial charge in [0.05, 0.1) is 17.1 Å². The number of hydrogen-bond donors (Lipinski definition) is 3. The van der Waals surface area contributed by atoms with Crippen molar-refractivity contribution in [2.75, 3.05) is 19.0 Å². The normalized spacial score (nSPS) is 10.2. The lowest BCUT2D eigenvalue weighted by Gasteiger charge is -2.11. The monoisotopic (exact) mass is 420 g/mol. The second-order valence-electron chi connectivity index (χ2n) is 6.10. The lowest BCUT2D eigenvalue weighted by atomic mass is 10.1. The van der Waals surface area contributed by atoms with Crippen LogP contribution in [0.5, 0.6) is 5.75 Å². The molecule has 2 amide bonds. The van der Waals surface area contributed by atoms with Crippen molar-refractivity contribution in [3.05, 3.63) is 62.7 Å². The molecule has 0 aliphatic heterocycles. The van der Waals surface area contributed by atoms with E-state index in [9.17, 15) is 19.7 Å². The number of halogens is 1. The zero-order valence-electron chi connectivity index (χ0n) is 16.0. The summed E-state index contributed by atoms with van der Waals surface area (Å²) in [5, 5.41) is 14.3. The fraction of sp³-hybridized carbons (Fsp3) is 0.263. The first-order chi connectivity index (χ1) is 13.8. The molecule has 2 rings (SSSR count). The summed E-state index contributed by atoms with van der Waals surface area (Å²) in [5.41, 5.74) is 5.66. The van der Waals surface area contributed by atoms with Crippen LogP contribution in [-0.4, -0.2) is 30.4 Å². The predicted molar refractivity (Wildman–Crippen MR) is 109 cm³/mol. The van der Waals surface area contributed by atoms with Gasteiger partial charge in [-0.1, -0.05) is 11.6 Å². The maximum absolute atomic E-state index is 12.3. The zero-order valence-corrected chi connectivity index (χ0v) is 16.7. The maximum Gasteiger partial charge on any atom is 0.272 e. The summed E-state index contributed by atoms with van der Waals surface area (Å²) in [4.78, 5) is 34.5. The third kappa shape index (κ3) is 6.35. The van der Waals surface area contributed by atoms with Crippen molar-refractivity contribution in [2.45, 2.75) is 19.8 Å². The average Bonchev–Trinajstić information content (AvgIpc) is 2.70. The molecular weight excluding hydrogens is 400 g/mol. The highest BCUT2D eigenvalue weighted by Crippen LogP contribution is 2.22. The highest BCUT2D eigenvalue weighted by molar-refractivity contribution is 6.30. The molecule has 0 atom stereocenters. The van der Waals surface area contributed by atoms with E-state index in [0.29, 0.717) is 29.5 Å². The number of carbonyl (C=O) groups excluding carboxylic acids is 2. The van der Waals surface area contributed by atoms with E-state index in [1.165, 1.54) is 12.1 Å². The van der Waals surface area contributed by atoms with Gasteiger partial charge in [0.25, 0.3) is 11.6 Å². The van der Waals surface area contributed by atoms with Gasteiger partial charge in [0.15, 0.2) is 0 Å². The Labute approximate surface area is 172 Å². The van der Waals surface area contributed by atoms with Gasteiger partial charge in [-0.15, -0.1) is 0 Å². The number of hydrazine groups is 1. The second kappa shape index (κ2) is 10.3. The van der Waals surface area contributed by atoms with E-state index in [1.807, 2.05) is 6.92 Å². The number of anilines is 1. The molecule has 0 fully saturated rings. The van der Waals surface area contributed by atoms with Crippen LogP contribution in [0.4, 0.5) is 11.4 Å². The van der Waals surface area contributed by atoms with E-state index < -0.39 is 16.7 Å². The van der Waals surface area contributed by atoms with Gasteiger partial charge in [-0.2, -0.15) is 0 Å². The van der Waals surface area contributed by atoms with Crippen molar-refractivity contribution in [3.63, 3.8) is 0 Å². The average molecular weight is 421 g/mol. The molecule has 0 spiro atoms. The number of nitrogens with one attached hydrogen (secondary N) is 3. The van der Waals surface area contributed by atoms with E-state index in [-0.39, 0.29) is 17.7 Å². The van der Waals surface area contributed by atoms with Crippen LogP contribution in [-0.2, 0) is 4.79 Å². The standard InChI is InChI=1S/C19H21ClN4O5/c1-12-10-13(20)5-8-17(12)29-9-3-4-18(25)22-23-19(26)15-11-14(24(27)28)6-7-16(15)21-2/h5-8,10-11,21H,3-4,9H2,1-2H3,(H,22,25)(H,23,26). The quantitative estimate of drug-likeness (QED) is 0.342. The van der Waals surface area contributed by atoms with Gasteiger partial charge in [-0.25, -0.2) is 0 Å². The van der Waals surface area contributed by atoms with Gasteiger partial charge in [-0.3, -0.25) is 30.6 Å². The molecule has 3 N–H and O–H groups in total. The van der Waals surface area contributed by atoms with Crippen LogP contribution in [0.2, 0.25) is 5.02 Å². The Balaban J connectivity index is 1.81. The second-order valence-corrected chi connectivity index (χ2v) is 6.54. The van der Waals surface area contributed by atoms with Crippen molar-refractivity contribution >= 4 is 34.8 Å². The van der Waals surface area contributed by atoms with Crippen LogP contribution in [0.15, 0.2) is 36.4 Å². The number of hydrogen-bond acceptors (Lipinski definition) is 6. The fourth-order valence-electron chi connectivity index (χ4n) is 2.50. The first-order valence-corrected chi connectivity index (χ1v) is 9.14. The minimum Gasteiger partial charge on any atom is -0.493 e. The number of non-ortho nitro benzene ring substituents is 1. The van der Waals surface area contributed by atoms with Crippen molar-refractivity contribution in [2.24, 2.45) is 0 Å². The third-order valence-electron chi connectivity index (χ3n) is 3.99. The molecule has 2 aromatic rings. The minimum absolute atomic E-state index is 0.0450. The number of nitro benzene ring substituents is 1. The molecule has 0 radical (unpaired) electrons.